The first-order chi connectivity index (χ1) is 9.22. The van der Waals surface area contributed by atoms with Crippen LogP contribution >= 0.6 is 11.6 Å². The average molecular weight is 285 g/mol. The van der Waals surface area contributed by atoms with E-state index < -0.39 is 0 Å². The maximum absolute atomic E-state index is 5.90. The topological polar surface area (TPSA) is 73.5 Å². The van der Waals surface area contributed by atoms with Crippen LogP contribution in [0.2, 0.25) is 5.15 Å². The van der Waals surface area contributed by atoms with E-state index in [9.17, 15) is 0 Å². The number of aromatic nitrogens is 2. The van der Waals surface area contributed by atoms with Crippen molar-refractivity contribution in [2.45, 2.75) is 19.1 Å². The van der Waals surface area contributed by atoms with Gasteiger partial charge in [0.15, 0.2) is 6.29 Å². The second kappa shape index (κ2) is 5.48. The molecule has 2 aliphatic rings. The maximum Gasteiger partial charge on any atom is 0.223 e. The van der Waals surface area contributed by atoms with Gasteiger partial charge in [0.2, 0.25) is 5.95 Å². The molecule has 0 saturated carbocycles. The largest absolute Gasteiger partial charge is 0.368 e. The minimum Gasteiger partial charge on any atom is -0.368 e. The van der Waals surface area contributed by atoms with Crippen LogP contribution in [-0.2, 0) is 9.47 Å². The standard InChI is InChI=1S/C12H17ClN4O2/c13-9-7-10(16-12(14)15-9)17-3-1-8(2-4-17)11-18-5-6-19-11/h7-8,11H,1-6H2,(H2,14,15,16). The van der Waals surface area contributed by atoms with Crippen LogP contribution in [0.1, 0.15) is 12.8 Å². The summed E-state index contributed by atoms with van der Waals surface area (Å²) in [6.07, 6.45) is 2.01. The monoisotopic (exact) mass is 284 g/mol. The molecule has 0 amide bonds. The van der Waals surface area contributed by atoms with Crippen LogP contribution in [0.15, 0.2) is 6.07 Å². The molecular formula is C12H17ClN4O2. The molecule has 2 saturated heterocycles. The maximum atomic E-state index is 5.90. The van der Waals surface area contributed by atoms with E-state index >= 15 is 0 Å². The van der Waals surface area contributed by atoms with Gasteiger partial charge in [-0.3, -0.25) is 0 Å². The summed E-state index contributed by atoms with van der Waals surface area (Å²) in [5.74, 6) is 1.48. The molecule has 2 aliphatic heterocycles. The van der Waals surface area contributed by atoms with Gasteiger partial charge in [0.1, 0.15) is 11.0 Å². The summed E-state index contributed by atoms with van der Waals surface area (Å²) in [7, 11) is 0. The molecule has 0 unspecified atom stereocenters. The van der Waals surface area contributed by atoms with Gasteiger partial charge >= 0.3 is 0 Å². The van der Waals surface area contributed by atoms with Crippen LogP contribution in [0, 0.1) is 5.92 Å². The zero-order valence-electron chi connectivity index (χ0n) is 10.6. The molecule has 6 nitrogen and oxygen atoms in total. The molecule has 0 aromatic carbocycles. The smallest absolute Gasteiger partial charge is 0.223 e. The van der Waals surface area contributed by atoms with Crippen molar-refractivity contribution in [1.82, 2.24) is 9.97 Å². The van der Waals surface area contributed by atoms with Crippen LogP contribution in [0.3, 0.4) is 0 Å². The lowest BCUT2D eigenvalue weighted by Gasteiger charge is -2.34. The third-order valence-corrected chi connectivity index (χ3v) is 3.79. The Balaban J connectivity index is 1.63. The second-order valence-corrected chi connectivity index (χ2v) is 5.23. The predicted molar refractivity (Wildman–Crippen MR) is 72.1 cm³/mol. The SMILES string of the molecule is Nc1nc(Cl)cc(N2CCC(C3OCCO3)CC2)n1. The normalized spacial score (nSPS) is 22.1. The van der Waals surface area contributed by atoms with Crippen molar-refractivity contribution in [3.05, 3.63) is 11.2 Å². The van der Waals surface area contributed by atoms with Crippen LogP contribution in [0.5, 0.6) is 0 Å². The van der Waals surface area contributed by atoms with Crippen molar-refractivity contribution in [2.75, 3.05) is 36.9 Å². The van der Waals surface area contributed by atoms with Crippen molar-refractivity contribution < 1.29 is 9.47 Å². The number of ether oxygens (including phenoxy) is 2. The summed E-state index contributed by atoms with van der Waals surface area (Å²) in [6.45, 7) is 3.23. The van der Waals surface area contributed by atoms with E-state index in [4.69, 9.17) is 26.8 Å². The van der Waals surface area contributed by atoms with E-state index in [1.807, 2.05) is 0 Å². The predicted octanol–water partition coefficient (Wildman–Crippen LogP) is 1.30. The average Bonchev–Trinajstić information content (AvgIpc) is 2.91. The number of piperidine rings is 1. The summed E-state index contributed by atoms with van der Waals surface area (Å²) >= 11 is 5.90. The number of nitrogen functional groups attached to an aromatic ring is 1. The Hall–Kier alpha value is -1.11. The fourth-order valence-electron chi connectivity index (χ4n) is 2.63. The highest BCUT2D eigenvalue weighted by Gasteiger charge is 2.30. The van der Waals surface area contributed by atoms with Gasteiger partial charge in [0.25, 0.3) is 0 Å². The molecule has 0 aliphatic carbocycles. The van der Waals surface area contributed by atoms with E-state index in [-0.39, 0.29) is 12.2 Å². The van der Waals surface area contributed by atoms with E-state index in [0.717, 1.165) is 31.7 Å². The van der Waals surface area contributed by atoms with E-state index in [1.165, 1.54) is 0 Å². The van der Waals surface area contributed by atoms with E-state index in [2.05, 4.69) is 14.9 Å². The Morgan fingerprint density at radius 2 is 1.89 bits per heavy atom. The van der Waals surface area contributed by atoms with Gasteiger partial charge in [-0.15, -0.1) is 0 Å². The Labute approximate surface area is 116 Å². The van der Waals surface area contributed by atoms with Crippen molar-refractivity contribution >= 4 is 23.4 Å². The molecule has 0 bridgehead atoms. The number of rotatable bonds is 2. The first-order valence-electron chi connectivity index (χ1n) is 6.50. The van der Waals surface area contributed by atoms with Gasteiger partial charge in [-0.1, -0.05) is 11.6 Å². The van der Waals surface area contributed by atoms with Gasteiger partial charge in [-0.05, 0) is 12.8 Å². The third kappa shape index (κ3) is 2.91. The first kappa shape index (κ1) is 12.9. The van der Waals surface area contributed by atoms with E-state index in [0.29, 0.717) is 24.3 Å². The number of nitrogens with zero attached hydrogens (tertiary/aromatic N) is 3. The van der Waals surface area contributed by atoms with Crippen molar-refractivity contribution in [3.8, 4) is 0 Å². The Bertz CT molecular complexity index is 425. The number of hydrogen-bond acceptors (Lipinski definition) is 6. The minimum atomic E-state index is -0.0267. The Morgan fingerprint density at radius 3 is 2.53 bits per heavy atom. The molecule has 19 heavy (non-hydrogen) atoms. The fraction of sp³-hybridized carbons (Fsp3) is 0.667. The molecule has 0 radical (unpaired) electrons. The highest BCUT2D eigenvalue weighted by Crippen LogP contribution is 2.28. The molecule has 2 fully saturated rings. The van der Waals surface area contributed by atoms with Crippen LogP contribution in [-0.4, -0.2) is 42.6 Å². The lowest BCUT2D eigenvalue weighted by atomic mass is 9.96. The zero-order valence-corrected chi connectivity index (χ0v) is 11.3. The summed E-state index contributed by atoms with van der Waals surface area (Å²) in [5, 5.41) is 0.382. The van der Waals surface area contributed by atoms with Gasteiger partial charge in [0.05, 0.1) is 13.2 Å². The van der Waals surface area contributed by atoms with Crippen LogP contribution in [0.25, 0.3) is 0 Å². The van der Waals surface area contributed by atoms with Gasteiger partial charge < -0.3 is 20.1 Å². The van der Waals surface area contributed by atoms with Gasteiger partial charge in [0, 0.05) is 25.1 Å². The van der Waals surface area contributed by atoms with E-state index in [1.54, 1.807) is 6.07 Å². The van der Waals surface area contributed by atoms with Gasteiger partial charge in [-0.2, -0.15) is 4.98 Å². The van der Waals surface area contributed by atoms with Crippen molar-refractivity contribution in [3.63, 3.8) is 0 Å². The number of nitrogens with two attached hydrogens (primary N) is 1. The summed E-state index contributed by atoms with van der Waals surface area (Å²) in [6, 6.07) is 1.75. The third-order valence-electron chi connectivity index (χ3n) is 3.59. The molecular weight excluding hydrogens is 268 g/mol. The zero-order chi connectivity index (χ0) is 13.2. The fourth-order valence-corrected chi connectivity index (χ4v) is 2.82. The molecule has 1 aromatic rings. The molecule has 3 rings (SSSR count). The summed E-state index contributed by atoms with van der Waals surface area (Å²) in [4.78, 5) is 10.3. The molecule has 0 spiro atoms. The number of halogens is 1. The minimum absolute atomic E-state index is 0.0267. The lowest BCUT2D eigenvalue weighted by molar-refractivity contribution is -0.0889. The van der Waals surface area contributed by atoms with Gasteiger partial charge in [-0.25, -0.2) is 4.98 Å². The number of hydrogen-bond donors (Lipinski definition) is 1. The Morgan fingerprint density at radius 1 is 1.21 bits per heavy atom. The number of anilines is 2. The molecule has 7 heteroatoms. The second-order valence-electron chi connectivity index (χ2n) is 4.84. The first-order valence-corrected chi connectivity index (χ1v) is 6.88. The highest BCUT2D eigenvalue weighted by atomic mass is 35.5. The summed E-state index contributed by atoms with van der Waals surface area (Å²) in [5.41, 5.74) is 5.62. The molecule has 1 aromatic heterocycles. The van der Waals surface area contributed by atoms with Crippen LogP contribution in [0.4, 0.5) is 11.8 Å². The quantitative estimate of drug-likeness (QED) is 0.825. The summed E-state index contributed by atoms with van der Waals surface area (Å²) < 4.78 is 11.1. The molecule has 104 valence electrons. The highest BCUT2D eigenvalue weighted by molar-refractivity contribution is 6.29. The molecule has 2 N–H and O–H groups in total. The Kier molecular flexibility index (Phi) is 3.72. The van der Waals surface area contributed by atoms with Crippen molar-refractivity contribution in [2.24, 2.45) is 5.92 Å². The van der Waals surface area contributed by atoms with Crippen LogP contribution < -0.4 is 10.6 Å². The van der Waals surface area contributed by atoms with Crippen molar-refractivity contribution in [1.29, 1.82) is 0 Å². The lowest BCUT2D eigenvalue weighted by Crippen LogP contribution is -2.38. The molecule has 3 heterocycles. The molecule has 0 atom stereocenters.